The van der Waals surface area contributed by atoms with E-state index in [9.17, 15) is 9.59 Å². The number of aryl methyl sites for hydroxylation is 1. The van der Waals surface area contributed by atoms with Crippen molar-refractivity contribution in [3.63, 3.8) is 0 Å². The molecule has 152 valence electrons. The van der Waals surface area contributed by atoms with Gasteiger partial charge in [-0.2, -0.15) is 0 Å². The molecule has 1 aliphatic rings. The Morgan fingerprint density at radius 2 is 2.11 bits per heavy atom. The third kappa shape index (κ3) is 6.33. The maximum atomic E-state index is 12.8. The van der Waals surface area contributed by atoms with Crippen LogP contribution in [-0.2, 0) is 11.2 Å². The van der Waals surface area contributed by atoms with Crippen molar-refractivity contribution in [1.82, 2.24) is 10.2 Å². The van der Waals surface area contributed by atoms with Crippen LogP contribution < -0.4 is 10.6 Å². The average molecular weight is 422 g/mol. The first kappa shape index (κ1) is 22.4. The van der Waals surface area contributed by atoms with Crippen LogP contribution in [0.25, 0.3) is 0 Å². The Hall–Kier alpha value is -1.89. The average Bonchev–Trinajstić information content (AvgIpc) is 3.21. The van der Waals surface area contributed by atoms with E-state index in [4.69, 9.17) is 0 Å². The van der Waals surface area contributed by atoms with Crippen molar-refractivity contribution >= 4 is 41.2 Å². The Labute approximate surface area is 176 Å². The van der Waals surface area contributed by atoms with Crippen LogP contribution in [0, 0.1) is 0 Å². The molecule has 3 rings (SSSR count). The molecule has 0 aliphatic carbocycles. The fourth-order valence-electron chi connectivity index (χ4n) is 3.41. The lowest BCUT2D eigenvalue weighted by molar-refractivity contribution is -0.116. The molecule has 0 spiro atoms. The van der Waals surface area contributed by atoms with E-state index in [1.54, 1.807) is 17.4 Å². The summed E-state index contributed by atoms with van der Waals surface area (Å²) >= 11 is 1.72. The zero-order valence-electron chi connectivity index (χ0n) is 16.1. The minimum Gasteiger partial charge on any atom is -0.337 e. The maximum Gasteiger partial charge on any atom is 0.253 e. The molecule has 2 N–H and O–H groups in total. The molecule has 1 saturated heterocycles. The zero-order valence-corrected chi connectivity index (χ0v) is 17.8. The number of anilines is 1. The molecule has 1 atom stereocenters. The monoisotopic (exact) mass is 421 g/mol. The molecular formula is C21H28ClN3O2S. The molecule has 1 fully saturated rings. The van der Waals surface area contributed by atoms with E-state index in [1.807, 2.05) is 36.2 Å². The number of piperidine rings is 1. The summed E-state index contributed by atoms with van der Waals surface area (Å²) in [6.07, 6.45) is 4.33. The van der Waals surface area contributed by atoms with E-state index in [0.29, 0.717) is 23.7 Å². The van der Waals surface area contributed by atoms with Gasteiger partial charge in [0.1, 0.15) is 0 Å². The number of carbonyl (C=O) groups is 2. The molecule has 7 heteroatoms. The number of nitrogens with zero attached hydrogens (tertiary/aromatic N) is 1. The lowest BCUT2D eigenvalue weighted by atomic mass is 10.0. The molecular weight excluding hydrogens is 394 g/mol. The molecule has 0 bridgehead atoms. The van der Waals surface area contributed by atoms with Crippen molar-refractivity contribution in [2.75, 3.05) is 25.5 Å². The highest BCUT2D eigenvalue weighted by molar-refractivity contribution is 7.09. The van der Waals surface area contributed by atoms with Crippen LogP contribution in [0.1, 0.15) is 40.9 Å². The van der Waals surface area contributed by atoms with E-state index < -0.39 is 0 Å². The van der Waals surface area contributed by atoms with Crippen molar-refractivity contribution in [3.05, 3.63) is 52.2 Å². The Morgan fingerprint density at radius 1 is 1.25 bits per heavy atom. The molecule has 2 aromatic rings. The summed E-state index contributed by atoms with van der Waals surface area (Å²) in [4.78, 5) is 28.2. The number of rotatable bonds is 7. The van der Waals surface area contributed by atoms with E-state index in [-0.39, 0.29) is 24.2 Å². The van der Waals surface area contributed by atoms with Gasteiger partial charge in [0.15, 0.2) is 0 Å². The highest BCUT2D eigenvalue weighted by Gasteiger charge is 2.23. The summed E-state index contributed by atoms with van der Waals surface area (Å²) in [6.45, 7) is 1.52. The maximum absolute atomic E-state index is 12.8. The van der Waals surface area contributed by atoms with Crippen molar-refractivity contribution in [2.45, 2.75) is 38.1 Å². The minimum atomic E-state index is -0.00984. The number of benzene rings is 1. The number of amides is 2. The molecule has 1 aromatic carbocycles. The summed E-state index contributed by atoms with van der Waals surface area (Å²) in [5.41, 5.74) is 1.31. The van der Waals surface area contributed by atoms with Crippen molar-refractivity contribution in [2.24, 2.45) is 0 Å². The number of likely N-dealkylation sites (tertiary alicyclic amines) is 1. The molecule has 1 unspecified atom stereocenters. The van der Waals surface area contributed by atoms with Gasteiger partial charge in [-0.05, 0) is 62.4 Å². The fourth-order valence-corrected chi connectivity index (χ4v) is 4.16. The van der Waals surface area contributed by atoms with Crippen LogP contribution in [0.5, 0.6) is 0 Å². The summed E-state index contributed by atoms with van der Waals surface area (Å²) in [6, 6.07) is 11.7. The minimum absolute atomic E-state index is 0. The van der Waals surface area contributed by atoms with Gasteiger partial charge in [0.05, 0.1) is 0 Å². The number of halogens is 1. The second-order valence-corrected chi connectivity index (χ2v) is 7.97. The standard InChI is InChI=1S/C21H27N3O2S.ClH/c1-22-18-8-4-12-24(15-18)21(26)16-6-2-7-17(14-16)23-20(25)11-3-9-19-10-5-13-27-19;/h2,5-7,10,13-14,18,22H,3-4,8-9,11-12,15H2,1H3,(H,23,25);1H. The fraction of sp³-hybridized carbons (Fsp3) is 0.429. The smallest absolute Gasteiger partial charge is 0.253 e. The first-order valence-corrected chi connectivity index (χ1v) is 10.4. The molecule has 28 heavy (non-hydrogen) atoms. The number of carbonyl (C=O) groups excluding carboxylic acids is 2. The lowest BCUT2D eigenvalue weighted by Gasteiger charge is -2.32. The van der Waals surface area contributed by atoms with Gasteiger partial charge in [-0.3, -0.25) is 9.59 Å². The third-order valence-corrected chi connectivity index (χ3v) is 5.85. The summed E-state index contributed by atoms with van der Waals surface area (Å²) in [7, 11) is 1.94. The van der Waals surface area contributed by atoms with Crippen LogP contribution in [0.3, 0.4) is 0 Å². The van der Waals surface area contributed by atoms with Gasteiger partial charge in [0.2, 0.25) is 5.91 Å². The van der Waals surface area contributed by atoms with E-state index in [2.05, 4.69) is 22.1 Å². The summed E-state index contributed by atoms with van der Waals surface area (Å²) < 4.78 is 0. The van der Waals surface area contributed by atoms with Crippen molar-refractivity contribution in [3.8, 4) is 0 Å². The Balaban J connectivity index is 0.00000280. The SMILES string of the molecule is CNC1CCCN(C(=O)c2cccc(NC(=O)CCCc3cccs3)c2)C1.Cl. The number of thiophene rings is 1. The van der Waals surface area contributed by atoms with Crippen LogP contribution in [0.4, 0.5) is 5.69 Å². The molecule has 1 aliphatic heterocycles. The van der Waals surface area contributed by atoms with Crippen LogP contribution in [0.15, 0.2) is 41.8 Å². The first-order valence-electron chi connectivity index (χ1n) is 9.54. The van der Waals surface area contributed by atoms with E-state index in [0.717, 1.165) is 38.8 Å². The van der Waals surface area contributed by atoms with Gasteiger partial charge < -0.3 is 15.5 Å². The molecule has 0 saturated carbocycles. The van der Waals surface area contributed by atoms with Gasteiger partial charge >= 0.3 is 0 Å². The summed E-state index contributed by atoms with van der Waals surface area (Å²) in [5, 5.41) is 8.23. The number of nitrogens with one attached hydrogen (secondary N) is 2. The molecule has 2 amide bonds. The highest BCUT2D eigenvalue weighted by Crippen LogP contribution is 2.17. The normalized spacial score (nSPS) is 16.3. The van der Waals surface area contributed by atoms with Crippen molar-refractivity contribution in [1.29, 1.82) is 0 Å². The van der Waals surface area contributed by atoms with E-state index >= 15 is 0 Å². The Bertz CT molecular complexity index is 767. The Morgan fingerprint density at radius 3 is 2.86 bits per heavy atom. The van der Waals surface area contributed by atoms with Crippen LogP contribution in [-0.4, -0.2) is 42.9 Å². The highest BCUT2D eigenvalue weighted by atomic mass is 35.5. The van der Waals surface area contributed by atoms with Crippen LogP contribution in [0.2, 0.25) is 0 Å². The van der Waals surface area contributed by atoms with Gasteiger partial charge in [0.25, 0.3) is 5.91 Å². The molecule has 0 radical (unpaired) electrons. The van der Waals surface area contributed by atoms with Crippen molar-refractivity contribution < 1.29 is 9.59 Å². The van der Waals surface area contributed by atoms with Gasteiger partial charge in [-0.15, -0.1) is 23.7 Å². The number of hydrogen-bond acceptors (Lipinski definition) is 4. The molecule has 2 heterocycles. The summed E-state index contributed by atoms with van der Waals surface area (Å²) in [5.74, 6) is 0.0214. The predicted molar refractivity (Wildman–Crippen MR) is 118 cm³/mol. The Kier molecular flexibility index (Phi) is 8.96. The topological polar surface area (TPSA) is 61.4 Å². The second kappa shape index (κ2) is 11.2. The number of hydrogen-bond donors (Lipinski definition) is 2. The first-order chi connectivity index (χ1) is 13.2. The van der Waals surface area contributed by atoms with E-state index in [1.165, 1.54) is 4.88 Å². The zero-order chi connectivity index (χ0) is 19.1. The lowest BCUT2D eigenvalue weighted by Crippen LogP contribution is -2.46. The third-order valence-electron chi connectivity index (χ3n) is 4.92. The van der Waals surface area contributed by atoms with Gasteiger partial charge in [0, 0.05) is 41.7 Å². The van der Waals surface area contributed by atoms with Crippen LogP contribution >= 0.6 is 23.7 Å². The predicted octanol–water partition coefficient (Wildman–Crippen LogP) is 3.96. The quantitative estimate of drug-likeness (QED) is 0.711. The number of likely N-dealkylation sites (N-methyl/N-ethyl adjacent to an activating group) is 1. The molecule has 1 aromatic heterocycles. The second-order valence-electron chi connectivity index (χ2n) is 6.94. The van der Waals surface area contributed by atoms with Gasteiger partial charge in [-0.25, -0.2) is 0 Å². The molecule has 5 nitrogen and oxygen atoms in total. The van der Waals surface area contributed by atoms with Gasteiger partial charge in [-0.1, -0.05) is 12.1 Å². The largest absolute Gasteiger partial charge is 0.337 e.